The second-order valence-corrected chi connectivity index (χ2v) is 8.47. The summed E-state index contributed by atoms with van der Waals surface area (Å²) in [6.45, 7) is 6.04. The van der Waals surface area contributed by atoms with E-state index in [2.05, 4.69) is 65.0 Å². The monoisotopic (exact) mass is 501 g/mol. The maximum atomic E-state index is 4.54. The number of nitrogens with zero attached hydrogens (tertiary/aromatic N) is 4. The molecule has 0 saturated heterocycles. The molecule has 7 nitrogen and oxygen atoms in total. The van der Waals surface area contributed by atoms with Gasteiger partial charge >= 0.3 is 0 Å². The first-order valence-electron chi connectivity index (χ1n) is 10.4. The summed E-state index contributed by atoms with van der Waals surface area (Å²) in [5.74, 6) is 1.14. The molecular weight excluding hydrogens is 478 g/mol. The van der Waals surface area contributed by atoms with Crippen molar-refractivity contribution in [3.8, 4) is 0 Å². The number of aryl methyl sites for hydroxylation is 2. The molecule has 8 heteroatoms. The van der Waals surface area contributed by atoms with Crippen molar-refractivity contribution in [2.24, 2.45) is 5.10 Å². The number of anilines is 5. The Kier molecular flexibility index (Phi) is 6.95. The molecule has 0 unspecified atom stereocenters. The molecule has 0 atom stereocenters. The summed E-state index contributed by atoms with van der Waals surface area (Å²) < 4.78 is 1.02. The highest BCUT2D eigenvalue weighted by molar-refractivity contribution is 9.10. The number of hydrazone groups is 1. The zero-order chi connectivity index (χ0) is 23.2. The zero-order valence-electron chi connectivity index (χ0n) is 18.6. The summed E-state index contributed by atoms with van der Waals surface area (Å²) in [5.41, 5.74) is 8.88. The van der Waals surface area contributed by atoms with Crippen molar-refractivity contribution in [2.75, 3.05) is 16.1 Å². The van der Waals surface area contributed by atoms with Crippen LogP contribution in [0.1, 0.15) is 23.6 Å². The minimum Gasteiger partial charge on any atom is -0.324 e. The molecule has 0 aliphatic heterocycles. The van der Waals surface area contributed by atoms with Gasteiger partial charge in [0.1, 0.15) is 0 Å². The minimum atomic E-state index is 0.326. The molecule has 3 N–H and O–H groups in total. The van der Waals surface area contributed by atoms with Crippen molar-refractivity contribution in [1.82, 2.24) is 15.0 Å². The number of benzene rings is 3. The van der Waals surface area contributed by atoms with E-state index >= 15 is 0 Å². The Morgan fingerprint density at radius 3 is 2.15 bits per heavy atom. The molecule has 3 aromatic carbocycles. The van der Waals surface area contributed by atoms with Crippen LogP contribution in [0.2, 0.25) is 0 Å². The normalized spacial score (nSPS) is 11.2. The summed E-state index contributed by atoms with van der Waals surface area (Å²) in [6.07, 6.45) is 0. The Morgan fingerprint density at radius 2 is 1.45 bits per heavy atom. The van der Waals surface area contributed by atoms with E-state index in [1.54, 1.807) is 0 Å². The molecule has 0 aliphatic carbocycles. The van der Waals surface area contributed by atoms with Gasteiger partial charge in [0.15, 0.2) is 0 Å². The van der Waals surface area contributed by atoms with Gasteiger partial charge in [-0.2, -0.15) is 20.1 Å². The summed E-state index contributed by atoms with van der Waals surface area (Å²) >= 11 is 3.45. The van der Waals surface area contributed by atoms with Crippen LogP contribution in [0.25, 0.3) is 0 Å². The number of nitrogens with one attached hydrogen (secondary N) is 3. The zero-order valence-corrected chi connectivity index (χ0v) is 20.2. The smallest absolute Gasteiger partial charge is 0.250 e. The summed E-state index contributed by atoms with van der Waals surface area (Å²) in [6, 6.07) is 23.9. The van der Waals surface area contributed by atoms with Crippen LogP contribution < -0.4 is 16.1 Å². The van der Waals surface area contributed by atoms with Gasteiger partial charge in [-0.3, -0.25) is 0 Å². The predicted octanol–water partition coefficient (Wildman–Crippen LogP) is 6.57. The first-order valence-corrected chi connectivity index (χ1v) is 11.2. The lowest BCUT2D eigenvalue weighted by atomic mass is 10.1. The quantitative estimate of drug-likeness (QED) is 0.196. The fourth-order valence-corrected chi connectivity index (χ4v) is 3.42. The van der Waals surface area contributed by atoms with Gasteiger partial charge in [-0.05, 0) is 62.2 Å². The molecule has 1 aromatic heterocycles. The Morgan fingerprint density at radius 1 is 0.788 bits per heavy atom. The highest BCUT2D eigenvalue weighted by Gasteiger charge is 2.09. The third-order valence-corrected chi connectivity index (χ3v) is 5.41. The van der Waals surface area contributed by atoms with Crippen LogP contribution >= 0.6 is 15.9 Å². The number of rotatable bonds is 7. The van der Waals surface area contributed by atoms with Gasteiger partial charge < -0.3 is 10.6 Å². The summed E-state index contributed by atoms with van der Waals surface area (Å²) in [5, 5.41) is 11.0. The highest BCUT2D eigenvalue weighted by atomic mass is 79.9. The molecule has 166 valence electrons. The minimum absolute atomic E-state index is 0.326. The molecule has 0 aliphatic rings. The van der Waals surface area contributed by atoms with Crippen LogP contribution in [0.3, 0.4) is 0 Å². The molecule has 0 radical (unpaired) electrons. The van der Waals surface area contributed by atoms with E-state index in [1.165, 1.54) is 5.56 Å². The Balaban J connectivity index is 1.63. The summed E-state index contributed by atoms with van der Waals surface area (Å²) in [7, 11) is 0. The van der Waals surface area contributed by atoms with E-state index in [0.29, 0.717) is 17.8 Å². The van der Waals surface area contributed by atoms with E-state index < -0.39 is 0 Å². The van der Waals surface area contributed by atoms with E-state index in [4.69, 9.17) is 0 Å². The van der Waals surface area contributed by atoms with E-state index in [0.717, 1.165) is 32.7 Å². The third kappa shape index (κ3) is 6.14. The van der Waals surface area contributed by atoms with Crippen molar-refractivity contribution in [3.63, 3.8) is 0 Å². The highest BCUT2D eigenvalue weighted by Crippen LogP contribution is 2.22. The standard InChI is InChI=1S/C25H24BrN7/c1-16-9-14-22(17(2)15-16)28-24-29-23(27-21-7-5-4-6-8-21)30-25(31-24)33-32-18(3)19-10-12-20(26)13-11-19/h4-15H,1-3H3,(H3,27,28,29,30,31,33)/b32-18+. The number of hydrogen-bond acceptors (Lipinski definition) is 7. The first-order chi connectivity index (χ1) is 16.0. The molecular formula is C25H24BrN7. The SMILES string of the molecule is C/C(=N\Nc1nc(Nc2ccccc2)nc(Nc2ccc(C)cc2C)n1)c1ccc(Br)cc1. The second kappa shape index (κ2) is 10.2. The molecule has 4 rings (SSSR count). The lowest BCUT2D eigenvalue weighted by Gasteiger charge is -2.12. The predicted molar refractivity (Wildman–Crippen MR) is 139 cm³/mol. The fraction of sp³-hybridized carbons (Fsp3) is 0.120. The van der Waals surface area contributed by atoms with Gasteiger partial charge in [0.25, 0.3) is 0 Å². The summed E-state index contributed by atoms with van der Waals surface area (Å²) in [4.78, 5) is 13.5. The van der Waals surface area contributed by atoms with Crippen LogP contribution in [-0.2, 0) is 0 Å². The van der Waals surface area contributed by atoms with Gasteiger partial charge in [-0.15, -0.1) is 0 Å². The first kappa shape index (κ1) is 22.4. The van der Waals surface area contributed by atoms with Crippen molar-refractivity contribution in [2.45, 2.75) is 20.8 Å². The number of hydrogen-bond donors (Lipinski definition) is 3. The fourth-order valence-electron chi connectivity index (χ4n) is 3.15. The van der Waals surface area contributed by atoms with Crippen molar-refractivity contribution in [1.29, 1.82) is 0 Å². The average Bonchev–Trinajstić information content (AvgIpc) is 2.80. The number of aromatic nitrogens is 3. The Labute approximate surface area is 201 Å². The number of para-hydroxylation sites is 1. The largest absolute Gasteiger partial charge is 0.324 e. The Bertz CT molecular complexity index is 1270. The maximum Gasteiger partial charge on any atom is 0.250 e. The molecule has 0 amide bonds. The molecule has 4 aromatic rings. The van der Waals surface area contributed by atoms with Crippen molar-refractivity contribution < 1.29 is 0 Å². The molecule has 0 saturated carbocycles. The van der Waals surface area contributed by atoms with Crippen LogP contribution in [0.15, 0.2) is 82.4 Å². The lowest BCUT2D eigenvalue weighted by molar-refractivity contribution is 1.04. The lowest BCUT2D eigenvalue weighted by Crippen LogP contribution is -2.08. The van der Waals surface area contributed by atoms with Gasteiger partial charge in [0.2, 0.25) is 17.8 Å². The molecule has 0 fully saturated rings. The molecule has 0 spiro atoms. The van der Waals surface area contributed by atoms with Crippen LogP contribution in [0, 0.1) is 13.8 Å². The van der Waals surface area contributed by atoms with Crippen LogP contribution in [-0.4, -0.2) is 20.7 Å². The maximum absolute atomic E-state index is 4.54. The van der Waals surface area contributed by atoms with E-state index in [-0.39, 0.29) is 0 Å². The van der Waals surface area contributed by atoms with Crippen LogP contribution in [0.4, 0.5) is 29.2 Å². The second-order valence-electron chi connectivity index (χ2n) is 7.56. The molecule has 0 bridgehead atoms. The molecule has 33 heavy (non-hydrogen) atoms. The topological polar surface area (TPSA) is 87.1 Å². The van der Waals surface area contributed by atoms with Gasteiger partial charge in [-0.25, -0.2) is 5.43 Å². The third-order valence-electron chi connectivity index (χ3n) is 4.88. The van der Waals surface area contributed by atoms with E-state index in [1.807, 2.05) is 80.6 Å². The Hall–Kier alpha value is -3.78. The van der Waals surface area contributed by atoms with Crippen LogP contribution in [0.5, 0.6) is 0 Å². The van der Waals surface area contributed by atoms with Crippen molar-refractivity contribution >= 4 is 50.9 Å². The average molecular weight is 502 g/mol. The molecule has 1 heterocycles. The van der Waals surface area contributed by atoms with Gasteiger partial charge in [0, 0.05) is 15.8 Å². The van der Waals surface area contributed by atoms with Crippen molar-refractivity contribution in [3.05, 3.63) is 94.0 Å². The van der Waals surface area contributed by atoms with E-state index in [9.17, 15) is 0 Å². The number of halogens is 1. The van der Waals surface area contributed by atoms with Gasteiger partial charge in [0.05, 0.1) is 5.71 Å². The van der Waals surface area contributed by atoms with Gasteiger partial charge in [-0.1, -0.05) is 64.0 Å².